The van der Waals surface area contributed by atoms with Gasteiger partial charge in [-0.25, -0.2) is 4.39 Å². The SMILES string of the molecule is Cc1ccc(OCc2c(C(=O)NCc3cccc(F)c3)c(=O)cc(C)n2CCN2CCOCC2)cc1. The third kappa shape index (κ3) is 6.59. The zero-order valence-electron chi connectivity index (χ0n) is 20.8. The first-order valence-electron chi connectivity index (χ1n) is 12.2. The van der Waals surface area contributed by atoms with Crippen LogP contribution in [0.1, 0.15) is 32.9 Å². The van der Waals surface area contributed by atoms with Crippen LogP contribution >= 0.6 is 0 Å². The Labute approximate surface area is 210 Å². The van der Waals surface area contributed by atoms with E-state index in [4.69, 9.17) is 9.47 Å². The summed E-state index contributed by atoms with van der Waals surface area (Å²) < 4.78 is 27.0. The highest BCUT2D eigenvalue weighted by Gasteiger charge is 2.22. The van der Waals surface area contributed by atoms with Gasteiger partial charge >= 0.3 is 0 Å². The van der Waals surface area contributed by atoms with Gasteiger partial charge < -0.3 is 19.4 Å². The molecule has 0 bridgehead atoms. The van der Waals surface area contributed by atoms with E-state index in [1.807, 2.05) is 42.7 Å². The zero-order chi connectivity index (χ0) is 25.5. The minimum absolute atomic E-state index is 0.0473. The van der Waals surface area contributed by atoms with Crippen LogP contribution in [-0.2, 0) is 24.4 Å². The molecule has 1 N–H and O–H groups in total. The number of nitrogens with one attached hydrogen (secondary N) is 1. The number of rotatable bonds is 9. The Morgan fingerprint density at radius 3 is 2.53 bits per heavy atom. The quantitative estimate of drug-likeness (QED) is 0.495. The summed E-state index contributed by atoms with van der Waals surface area (Å²) in [5, 5.41) is 2.78. The molecule has 36 heavy (non-hydrogen) atoms. The third-order valence-corrected chi connectivity index (χ3v) is 6.34. The van der Waals surface area contributed by atoms with Gasteiger partial charge in [0.1, 0.15) is 23.7 Å². The number of nitrogens with zero attached hydrogens (tertiary/aromatic N) is 2. The Morgan fingerprint density at radius 1 is 1.06 bits per heavy atom. The topological polar surface area (TPSA) is 72.8 Å². The number of pyridine rings is 1. The number of aromatic nitrogens is 1. The highest BCUT2D eigenvalue weighted by atomic mass is 19.1. The molecule has 2 heterocycles. The number of amides is 1. The van der Waals surface area contributed by atoms with Crippen LogP contribution in [0.25, 0.3) is 0 Å². The van der Waals surface area contributed by atoms with Crippen LogP contribution in [-0.4, -0.2) is 48.2 Å². The normalized spacial score (nSPS) is 14.0. The van der Waals surface area contributed by atoms with Crippen molar-refractivity contribution in [3.05, 3.63) is 98.7 Å². The molecule has 0 spiro atoms. The van der Waals surface area contributed by atoms with E-state index in [1.54, 1.807) is 12.1 Å². The Morgan fingerprint density at radius 2 is 1.81 bits per heavy atom. The lowest BCUT2D eigenvalue weighted by atomic mass is 10.1. The number of carbonyl (C=O) groups is 1. The second-order valence-electron chi connectivity index (χ2n) is 8.99. The first-order valence-corrected chi connectivity index (χ1v) is 12.2. The van der Waals surface area contributed by atoms with Gasteiger partial charge in [0.2, 0.25) is 0 Å². The molecule has 1 amide bonds. The van der Waals surface area contributed by atoms with Crippen molar-refractivity contribution in [2.75, 3.05) is 32.8 Å². The van der Waals surface area contributed by atoms with Crippen LogP contribution in [0.4, 0.5) is 4.39 Å². The van der Waals surface area contributed by atoms with E-state index in [-0.39, 0.29) is 30.0 Å². The van der Waals surface area contributed by atoms with Crippen LogP contribution < -0.4 is 15.5 Å². The molecule has 0 aliphatic carbocycles. The summed E-state index contributed by atoms with van der Waals surface area (Å²) in [5.74, 6) is -0.234. The first-order chi connectivity index (χ1) is 17.4. The Bertz CT molecular complexity index is 1250. The molecule has 1 aromatic heterocycles. The fourth-order valence-electron chi connectivity index (χ4n) is 4.30. The molecule has 0 atom stereocenters. The van der Waals surface area contributed by atoms with Crippen molar-refractivity contribution >= 4 is 5.91 Å². The van der Waals surface area contributed by atoms with Crippen molar-refractivity contribution in [2.45, 2.75) is 33.5 Å². The molecule has 1 saturated heterocycles. The van der Waals surface area contributed by atoms with Crippen molar-refractivity contribution in [3.63, 3.8) is 0 Å². The van der Waals surface area contributed by atoms with E-state index in [9.17, 15) is 14.0 Å². The summed E-state index contributed by atoms with van der Waals surface area (Å²) in [6.07, 6.45) is 0. The summed E-state index contributed by atoms with van der Waals surface area (Å²) in [4.78, 5) is 28.6. The Hall–Kier alpha value is -3.49. The van der Waals surface area contributed by atoms with Crippen molar-refractivity contribution in [2.24, 2.45) is 0 Å². The summed E-state index contributed by atoms with van der Waals surface area (Å²) in [5.41, 5.74) is 2.68. The fourth-order valence-corrected chi connectivity index (χ4v) is 4.30. The second kappa shape index (κ2) is 12.0. The van der Waals surface area contributed by atoms with E-state index in [2.05, 4.69) is 10.2 Å². The standard InChI is InChI=1S/C28H32FN3O4/c1-20-6-8-24(9-7-20)36-19-25-27(28(34)30-18-22-4-3-5-23(29)17-22)26(33)16-21(2)32(25)11-10-31-12-14-35-15-13-31/h3-9,16-17H,10-15,18-19H2,1-2H3,(H,30,34). The summed E-state index contributed by atoms with van der Waals surface area (Å²) in [6.45, 7) is 8.46. The molecule has 0 radical (unpaired) electrons. The third-order valence-electron chi connectivity index (χ3n) is 6.34. The van der Waals surface area contributed by atoms with E-state index in [1.165, 1.54) is 18.2 Å². The average molecular weight is 494 g/mol. The van der Waals surface area contributed by atoms with Gasteiger partial charge in [-0.1, -0.05) is 29.8 Å². The number of ether oxygens (including phenoxy) is 2. The number of benzene rings is 2. The van der Waals surface area contributed by atoms with Crippen LogP contribution in [0.5, 0.6) is 5.75 Å². The first kappa shape index (κ1) is 25.6. The number of hydrogen-bond acceptors (Lipinski definition) is 5. The van der Waals surface area contributed by atoms with E-state index in [0.717, 1.165) is 30.9 Å². The maximum Gasteiger partial charge on any atom is 0.257 e. The maximum absolute atomic E-state index is 13.6. The number of halogens is 1. The second-order valence-corrected chi connectivity index (χ2v) is 8.99. The van der Waals surface area contributed by atoms with Crippen molar-refractivity contribution in [1.29, 1.82) is 0 Å². The highest BCUT2D eigenvalue weighted by molar-refractivity contribution is 5.95. The van der Waals surface area contributed by atoms with Gasteiger partial charge in [0.25, 0.3) is 5.91 Å². The lowest BCUT2D eigenvalue weighted by Crippen LogP contribution is -2.39. The number of morpholine rings is 1. The molecule has 4 rings (SSSR count). The van der Waals surface area contributed by atoms with Crippen molar-refractivity contribution in [1.82, 2.24) is 14.8 Å². The number of carbonyl (C=O) groups excluding carboxylic acids is 1. The van der Waals surface area contributed by atoms with Gasteiger partial charge in [0.05, 0.1) is 18.9 Å². The molecule has 1 fully saturated rings. The van der Waals surface area contributed by atoms with Gasteiger partial charge in [-0.3, -0.25) is 14.5 Å². The lowest BCUT2D eigenvalue weighted by molar-refractivity contribution is 0.0361. The van der Waals surface area contributed by atoms with Crippen molar-refractivity contribution in [3.8, 4) is 5.75 Å². The van der Waals surface area contributed by atoms with Crippen molar-refractivity contribution < 1.29 is 18.7 Å². The number of aryl methyl sites for hydroxylation is 2. The van der Waals surface area contributed by atoms with Gasteiger partial charge in [0.15, 0.2) is 5.43 Å². The molecule has 190 valence electrons. The van der Waals surface area contributed by atoms with E-state index >= 15 is 0 Å². The fraction of sp³-hybridized carbons (Fsp3) is 0.357. The summed E-state index contributed by atoms with van der Waals surface area (Å²) >= 11 is 0. The summed E-state index contributed by atoms with van der Waals surface area (Å²) in [7, 11) is 0. The molecule has 8 heteroatoms. The molecule has 1 aliphatic heterocycles. The molecule has 2 aromatic carbocycles. The Balaban J connectivity index is 1.62. The molecule has 0 saturated carbocycles. The Kier molecular flexibility index (Phi) is 8.51. The highest BCUT2D eigenvalue weighted by Crippen LogP contribution is 2.17. The van der Waals surface area contributed by atoms with Crippen LogP contribution in [0.2, 0.25) is 0 Å². The smallest absolute Gasteiger partial charge is 0.257 e. The largest absolute Gasteiger partial charge is 0.487 e. The molecule has 0 unspecified atom stereocenters. The number of hydrogen-bond donors (Lipinski definition) is 1. The predicted molar refractivity (Wildman–Crippen MR) is 136 cm³/mol. The molecular weight excluding hydrogens is 461 g/mol. The van der Waals surface area contributed by atoms with Crippen LogP contribution in [0, 0.1) is 19.7 Å². The van der Waals surface area contributed by atoms with Gasteiger partial charge in [0, 0.05) is 44.5 Å². The van der Waals surface area contributed by atoms with Gasteiger partial charge in [-0.15, -0.1) is 0 Å². The lowest BCUT2D eigenvalue weighted by Gasteiger charge is -2.28. The molecule has 7 nitrogen and oxygen atoms in total. The molecular formula is C28H32FN3O4. The van der Waals surface area contributed by atoms with Crippen LogP contribution in [0.3, 0.4) is 0 Å². The molecule has 1 aliphatic rings. The molecule has 3 aromatic rings. The van der Waals surface area contributed by atoms with E-state index in [0.29, 0.717) is 36.8 Å². The van der Waals surface area contributed by atoms with Gasteiger partial charge in [-0.05, 0) is 43.7 Å². The maximum atomic E-state index is 13.6. The predicted octanol–water partition coefficient (Wildman–Crippen LogP) is 3.45. The van der Waals surface area contributed by atoms with Gasteiger partial charge in [-0.2, -0.15) is 0 Å². The summed E-state index contributed by atoms with van der Waals surface area (Å²) in [6, 6.07) is 15.1. The van der Waals surface area contributed by atoms with Crippen LogP contribution in [0.15, 0.2) is 59.4 Å². The minimum Gasteiger partial charge on any atom is -0.487 e. The van der Waals surface area contributed by atoms with E-state index < -0.39 is 5.91 Å². The minimum atomic E-state index is -0.508. The average Bonchev–Trinajstić information content (AvgIpc) is 2.87. The zero-order valence-corrected chi connectivity index (χ0v) is 20.8. The monoisotopic (exact) mass is 493 g/mol.